The minimum absolute atomic E-state index is 0.0322. The fourth-order valence-electron chi connectivity index (χ4n) is 2.89. The fourth-order valence-corrected chi connectivity index (χ4v) is 3.49. The van der Waals surface area contributed by atoms with Crippen LogP contribution in [0.15, 0.2) is 48.5 Å². The third-order valence-corrected chi connectivity index (χ3v) is 5.01. The summed E-state index contributed by atoms with van der Waals surface area (Å²) >= 11 is 12.5. The smallest absolute Gasteiger partial charge is 0.358 e. The van der Waals surface area contributed by atoms with Gasteiger partial charge in [0.2, 0.25) is 12.7 Å². The number of nitrogens with one attached hydrogen (secondary N) is 2. The van der Waals surface area contributed by atoms with Crippen LogP contribution < -0.4 is 5.32 Å². The lowest BCUT2D eigenvalue weighted by Gasteiger charge is -2.16. The van der Waals surface area contributed by atoms with Gasteiger partial charge in [-0.3, -0.25) is 9.59 Å². The highest BCUT2D eigenvalue weighted by molar-refractivity contribution is 6.39. The lowest BCUT2D eigenvalue weighted by Crippen LogP contribution is -2.24. The number of fused-ring (bicyclic) bond motifs is 1. The number of hydrogen-bond acceptors (Lipinski definition) is 5. The van der Waals surface area contributed by atoms with Crippen LogP contribution >= 0.6 is 23.2 Å². The third kappa shape index (κ3) is 6.15. The largest absolute Gasteiger partial charge is 0.427 e. The van der Waals surface area contributed by atoms with Crippen LogP contribution in [0.25, 0.3) is 17.0 Å². The van der Waals surface area contributed by atoms with Gasteiger partial charge >= 0.3 is 11.9 Å². The molecule has 33 heavy (non-hydrogen) atoms. The van der Waals surface area contributed by atoms with Crippen LogP contribution in [0, 0.1) is 5.41 Å². The molecule has 3 rings (SSSR count). The number of esters is 2. The molecule has 0 fully saturated rings. The summed E-state index contributed by atoms with van der Waals surface area (Å²) in [7, 11) is 0. The predicted molar refractivity (Wildman–Crippen MR) is 128 cm³/mol. The Labute approximate surface area is 200 Å². The van der Waals surface area contributed by atoms with Gasteiger partial charge in [0.05, 0.1) is 10.4 Å². The molecule has 0 aliphatic heterocycles. The number of carbonyl (C=O) groups is 3. The number of ether oxygens (including phenoxy) is 2. The zero-order valence-electron chi connectivity index (χ0n) is 18.2. The van der Waals surface area contributed by atoms with Crippen molar-refractivity contribution < 1.29 is 23.9 Å². The quantitative estimate of drug-likeness (QED) is 0.258. The average molecular weight is 489 g/mol. The summed E-state index contributed by atoms with van der Waals surface area (Å²) in [5.41, 5.74) is 0.731. The molecule has 0 saturated heterocycles. The van der Waals surface area contributed by atoms with Crippen LogP contribution in [-0.2, 0) is 19.1 Å². The number of hydrogen-bond donors (Lipinski definition) is 2. The summed E-state index contributed by atoms with van der Waals surface area (Å²) in [6.07, 6.45) is 2.73. The van der Waals surface area contributed by atoms with Gasteiger partial charge in [0, 0.05) is 33.3 Å². The molecule has 0 saturated carbocycles. The summed E-state index contributed by atoms with van der Waals surface area (Å²) < 4.78 is 10.1. The summed E-state index contributed by atoms with van der Waals surface area (Å²) in [6.45, 7) is 4.49. The van der Waals surface area contributed by atoms with Crippen LogP contribution in [-0.4, -0.2) is 29.6 Å². The zero-order chi connectivity index (χ0) is 24.2. The molecule has 172 valence electrons. The lowest BCUT2D eigenvalue weighted by atomic mass is 9.98. The van der Waals surface area contributed by atoms with Crippen molar-refractivity contribution in [2.75, 3.05) is 12.1 Å². The molecule has 1 aromatic heterocycles. The third-order valence-electron chi connectivity index (χ3n) is 4.49. The number of aromatic nitrogens is 1. The Kier molecular flexibility index (Phi) is 7.46. The second-order valence-electron chi connectivity index (χ2n) is 8.14. The van der Waals surface area contributed by atoms with Gasteiger partial charge in [-0.2, -0.15) is 0 Å². The number of aromatic amines is 1. The molecule has 0 radical (unpaired) electrons. The molecule has 2 aromatic carbocycles. The second-order valence-corrected chi connectivity index (χ2v) is 8.99. The Bertz CT molecular complexity index is 1230. The molecule has 0 aliphatic rings. The summed E-state index contributed by atoms with van der Waals surface area (Å²) in [4.78, 5) is 39.9. The second kappa shape index (κ2) is 10.1. The highest BCUT2D eigenvalue weighted by atomic mass is 35.5. The van der Waals surface area contributed by atoms with E-state index in [4.69, 9.17) is 32.7 Å². The van der Waals surface area contributed by atoms with E-state index in [0.717, 1.165) is 0 Å². The molecule has 1 amide bonds. The van der Waals surface area contributed by atoms with Crippen molar-refractivity contribution in [2.24, 2.45) is 5.41 Å². The van der Waals surface area contributed by atoms with Crippen molar-refractivity contribution in [1.29, 1.82) is 0 Å². The number of para-hydroxylation sites is 1. The predicted octanol–water partition coefficient (Wildman–Crippen LogP) is 5.83. The van der Waals surface area contributed by atoms with Gasteiger partial charge in [-0.25, -0.2) is 4.79 Å². The number of rotatable bonds is 6. The Morgan fingerprint density at radius 3 is 2.42 bits per heavy atom. The average Bonchev–Trinajstić information content (AvgIpc) is 3.10. The lowest BCUT2D eigenvalue weighted by molar-refractivity contribution is -0.161. The Morgan fingerprint density at radius 1 is 1.06 bits per heavy atom. The molecule has 0 spiro atoms. The van der Waals surface area contributed by atoms with Crippen molar-refractivity contribution in [3.05, 3.63) is 69.8 Å². The van der Waals surface area contributed by atoms with Crippen LogP contribution in [0.2, 0.25) is 10.0 Å². The van der Waals surface area contributed by atoms with E-state index >= 15 is 0 Å². The van der Waals surface area contributed by atoms with Crippen molar-refractivity contribution in [2.45, 2.75) is 20.8 Å². The molecule has 0 bridgehead atoms. The van der Waals surface area contributed by atoms with Crippen LogP contribution in [0.4, 0.5) is 5.69 Å². The van der Waals surface area contributed by atoms with Crippen LogP contribution in [0.3, 0.4) is 0 Å². The first-order valence-corrected chi connectivity index (χ1v) is 10.7. The molecule has 7 nitrogen and oxygen atoms in total. The summed E-state index contributed by atoms with van der Waals surface area (Å²) in [6, 6.07) is 12.0. The highest BCUT2D eigenvalue weighted by Crippen LogP contribution is 2.33. The minimum Gasteiger partial charge on any atom is -0.427 e. The standard InChI is InChI=1S/C24H22Cl2N2O5/c1-24(2,3)23(31)33-13-32-22(30)21-16(20-17(26)11-14(25)12-18(20)28-21)9-10-19(29)27-15-7-5-4-6-8-15/h4-12,28H,13H2,1-3H3,(H,27,29)/b10-9+. The van der Waals surface area contributed by atoms with E-state index in [0.29, 0.717) is 27.2 Å². The first-order valence-electron chi connectivity index (χ1n) is 9.95. The van der Waals surface area contributed by atoms with E-state index in [-0.39, 0.29) is 10.7 Å². The van der Waals surface area contributed by atoms with Gasteiger partial charge in [-0.15, -0.1) is 0 Å². The monoisotopic (exact) mass is 488 g/mol. The van der Waals surface area contributed by atoms with Crippen molar-refractivity contribution in [1.82, 2.24) is 4.98 Å². The van der Waals surface area contributed by atoms with Crippen molar-refractivity contribution in [3.8, 4) is 0 Å². The molecule has 1 heterocycles. The minimum atomic E-state index is -0.789. The maximum absolute atomic E-state index is 12.7. The number of benzene rings is 2. The molecule has 0 aliphatic carbocycles. The van der Waals surface area contributed by atoms with E-state index < -0.39 is 30.1 Å². The molecule has 0 unspecified atom stereocenters. The first kappa shape index (κ1) is 24.4. The number of anilines is 1. The van der Waals surface area contributed by atoms with E-state index in [9.17, 15) is 14.4 Å². The van der Waals surface area contributed by atoms with E-state index in [1.807, 2.05) is 6.07 Å². The molecule has 2 N–H and O–H groups in total. The van der Waals surface area contributed by atoms with Crippen LogP contribution in [0.5, 0.6) is 0 Å². The molecule has 9 heteroatoms. The van der Waals surface area contributed by atoms with Crippen molar-refractivity contribution >= 4 is 63.7 Å². The number of carbonyl (C=O) groups excluding carboxylic acids is 3. The first-order chi connectivity index (χ1) is 15.6. The molecular weight excluding hydrogens is 467 g/mol. The van der Waals surface area contributed by atoms with E-state index in [1.54, 1.807) is 51.1 Å². The molecule has 3 aromatic rings. The van der Waals surface area contributed by atoms with E-state index in [1.165, 1.54) is 18.2 Å². The van der Waals surface area contributed by atoms with Gasteiger partial charge < -0.3 is 19.8 Å². The number of amides is 1. The van der Waals surface area contributed by atoms with Crippen molar-refractivity contribution in [3.63, 3.8) is 0 Å². The van der Waals surface area contributed by atoms with Gasteiger partial charge in [0.1, 0.15) is 5.69 Å². The summed E-state index contributed by atoms with van der Waals surface area (Å²) in [5, 5.41) is 3.86. The van der Waals surface area contributed by atoms with Gasteiger partial charge in [-0.05, 0) is 51.1 Å². The van der Waals surface area contributed by atoms with Crippen LogP contribution in [0.1, 0.15) is 36.8 Å². The Balaban J connectivity index is 1.87. The maximum atomic E-state index is 12.7. The Morgan fingerprint density at radius 2 is 1.76 bits per heavy atom. The highest BCUT2D eigenvalue weighted by Gasteiger charge is 2.24. The molecular formula is C24H22Cl2N2O5. The van der Waals surface area contributed by atoms with E-state index in [2.05, 4.69) is 10.3 Å². The van der Waals surface area contributed by atoms with Gasteiger partial charge in [-0.1, -0.05) is 41.4 Å². The van der Waals surface area contributed by atoms with Gasteiger partial charge in [0.25, 0.3) is 0 Å². The number of H-pyrrole nitrogens is 1. The summed E-state index contributed by atoms with van der Waals surface area (Å²) in [5.74, 6) is -1.71. The Hall–Kier alpha value is -3.29. The zero-order valence-corrected chi connectivity index (χ0v) is 19.7. The maximum Gasteiger partial charge on any atom is 0.358 e. The topological polar surface area (TPSA) is 97.5 Å². The normalized spacial score (nSPS) is 11.5. The van der Waals surface area contributed by atoms with Gasteiger partial charge in [0.15, 0.2) is 0 Å². The fraction of sp³-hybridized carbons (Fsp3) is 0.208. The number of halogens is 2. The molecule has 0 atom stereocenters. The SMILES string of the molecule is CC(C)(C)C(=O)OCOC(=O)c1[nH]c2cc(Cl)cc(Cl)c2c1/C=C/C(=O)Nc1ccccc1.